The predicted octanol–water partition coefficient (Wildman–Crippen LogP) is 2.77. The molecular formula is C13H16FN3O. The molecule has 0 amide bonds. The van der Waals surface area contributed by atoms with Crippen LogP contribution in [-0.4, -0.2) is 10.1 Å². The quantitative estimate of drug-likeness (QED) is 0.908. The van der Waals surface area contributed by atoms with Gasteiger partial charge in [0.1, 0.15) is 5.82 Å². The van der Waals surface area contributed by atoms with Crippen LogP contribution in [-0.2, 0) is 5.54 Å². The van der Waals surface area contributed by atoms with Gasteiger partial charge in [0, 0.05) is 5.56 Å². The first-order valence-corrected chi connectivity index (χ1v) is 5.83. The Bertz CT molecular complexity index is 543. The van der Waals surface area contributed by atoms with E-state index in [9.17, 15) is 4.39 Å². The summed E-state index contributed by atoms with van der Waals surface area (Å²) in [6.07, 6.45) is 0.689. The minimum Gasteiger partial charge on any atom is -0.334 e. The van der Waals surface area contributed by atoms with Gasteiger partial charge in [0.2, 0.25) is 0 Å². The maximum atomic E-state index is 13.3. The summed E-state index contributed by atoms with van der Waals surface area (Å²) in [7, 11) is 0. The van der Waals surface area contributed by atoms with Crippen molar-refractivity contribution >= 4 is 0 Å². The topological polar surface area (TPSA) is 64.9 Å². The summed E-state index contributed by atoms with van der Waals surface area (Å²) in [6, 6.07) is 4.60. The van der Waals surface area contributed by atoms with Crippen LogP contribution >= 0.6 is 0 Å². The predicted molar refractivity (Wildman–Crippen MR) is 66.3 cm³/mol. The summed E-state index contributed by atoms with van der Waals surface area (Å²) in [5.74, 6) is 0.399. The minimum atomic E-state index is -0.635. The molecule has 0 saturated carbocycles. The highest BCUT2D eigenvalue weighted by Gasteiger charge is 2.25. The van der Waals surface area contributed by atoms with E-state index in [1.807, 2.05) is 20.8 Å². The molecule has 1 unspecified atom stereocenters. The van der Waals surface area contributed by atoms with Crippen LogP contribution in [0, 0.1) is 12.7 Å². The van der Waals surface area contributed by atoms with Gasteiger partial charge in [0.15, 0.2) is 5.82 Å². The van der Waals surface area contributed by atoms with Gasteiger partial charge >= 0.3 is 0 Å². The van der Waals surface area contributed by atoms with E-state index in [1.165, 1.54) is 12.1 Å². The molecule has 0 saturated heterocycles. The highest BCUT2D eigenvalue weighted by molar-refractivity contribution is 5.54. The van der Waals surface area contributed by atoms with Gasteiger partial charge in [-0.05, 0) is 44.0 Å². The molecule has 1 atom stereocenters. The zero-order valence-electron chi connectivity index (χ0n) is 10.7. The second-order valence-corrected chi connectivity index (χ2v) is 4.71. The number of hydrogen-bond acceptors (Lipinski definition) is 4. The van der Waals surface area contributed by atoms with Crippen LogP contribution < -0.4 is 5.73 Å². The van der Waals surface area contributed by atoms with E-state index in [-0.39, 0.29) is 11.7 Å². The highest BCUT2D eigenvalue weighted by Crippen LogP contribution is 2.24. The average Bonchev–Trinajstić information content (AvgIpc) is 2.77. The Hall–Kier alpha value is -1.75. The zero-order valence-corrected chi connectivity index (χ0v) is 10.7. The molecular weight excluding hydrogens is 233 g/mol. The van der Waals surface area contributed by atoms with Gasteiger partial charge in [-0.3, -0.25) is 0 Å². The lowest BCUT2D eigenvalue weighted by molar-refractivity contribution is 0.379. The Labute approximate surface area is 105 Å². The first-order valence-electron chi connectivity index (χ1n) is 5.83. The van der Waals surface area contributed by atoms with Crippen molar-refractivity contribution in [3.05, 3.63) is 35.4 Å². The van der Waals surface area contributed by atoms with Crippen molar-refractivity contribution in [2.75, 3.05) is 0 Å². The summed E-state index contributed by atoms with van der Waals surface area (Å²) in [5.41, 5.74) is 6.76. The van der Waals surface area contributed by atoms with Crippen LogP contribution in [0.25, 0.3) is 11.5 Å². The van der Waals surface area contributed by atoms with Gasteiger partial charge < -0.3 is 10.3 Å². The van der Waals surface area contributed by atoms with Gasteiger partial charge in [0.25, 0.3) is 5.89 Å². The first-order chi connectivity index (χ1) is 8.42. The number of aromatic nitrogens is 2. The van der Waals surface area contributed by atoms with Crippen LogP contribution in [0.4, 0.5) is 4.39 Å². The van der Waals surface area contributed by atoms with E-state index in [1.54, 1.807) is 6.07 Å². The van der Waals surface area contributed by atoms with Crippen molar-refractivity contribution in [1.82, 2.24) is 10.1 Å². The van der Waals surface area contributed by atoms with Gasteiger partial charge in [-0.15, -0.1) is 0 Å². The van der Waals surface area contributed by atoms with Crippen LogP contribution in [0.15, 0.2) is 22.7 Å². The summed E-state index contributed by atoms with van der Waals surface area (Å²) >= 11 is 0. The van der Waals surface area contributed by atoms with Crippen molar-refractivity contribution in [1.29, 1.82) is 0 Å². The minimum absolute atomic E-state index is 0.290. The molecule has 1 aromatic carbocycles. The second kappa shape index (κ2) is 4.49. The molecule has 0 aliphatic carbocycles. The summed E-state index contributed by atoms with van der Waals surface area (Å²) < 4.78 is 18.4. The Morgan fingerprint density at radius 3 is 2.72 bits per heavy atom. The fraction of sp³-hybridized carbons (Fsp3) is 0.385. The number of benzene rings is 1. The number of rotatable bonds is 3. The molecule has 0 radical (unpaired) electrons. The third-order valence-electron chi connectivity index (χ3n) is 2.96. The summed E-state index contributed by atoms with van der Waals surface area (Å²) in [4.78, 5) is 4.24. The molecule has 0 spiro atoms. The van der Waals surface area contributed by atoms with E-state index < -0.39 is 5.54 Å². The highest BCUT2D eigenvalue weighted by atomic mass is 19.1. The maximum Gasteiger partial charge on any atom is 0.258 e. The van der Waals surface area contributed by atoms with Crippen molar-refractivity contribution in [2.45, 2.75) is 32.7 Å². The summed E-state index contributed by atoms with van der Waals surface area (Å²) in [6.45, 7) is 5.59. The van der Waals surface area contributed by atoms with Crippen LogP contribution in [0.5, 0.6) is 0 Å². The fourth-order valence-electron chi connectivity index (χ4n) is 1.59. The van der Waals surface area contributed by atoms with E-state index in [0.29, 0.717) is 17.8 Å². The SMILES string of the molecule is CCC(C)(N)c1noc(-c2cc(C)cc(F)c2)n1. The molecule has 96 valence electrons. The summed E-state index contributed by atoms with van der Waals surface area (Å²) in [5, 5.41) is 3.86. The Kier molecular flexibility index (Phi) is 3.17. The lowest BCUT2D eigenvalue weighted by Gasteiger charge is -2.16. The number of nitrogens with two attached hydrogens (primary N) is 1. The monoisotopic (exact) mass is 249 g/mol. The normalized spacial score (nSPS) is 14.5. The molecule has 4 nitrogen and oxygen atoms in total. The second-order valence-electron chi connectivity index (χ2n) is 4.71. The first kappa shape index (κ1) is 12.7. The Morgan fingerprint density at radius 1 is 1.39 bits per heavy atom. The molecule has 0 aliphatic rings. The average molecular weight is 249 g/mol. The zero-order chi connectivity index (χ0) is 13.3. The number of hydrogen-bond donors (Lipinski definition) is 1. The largest absolute Gasteiger partial charge is 0.334 e. The lowest BCUT2D eigenvalue weighted by Crippen LogP contribution is -2.33. The molecule has 1 aromatic heterocycles. The third-order valence-corrected chi connectivity index (χ3v) is 2.96. The molecule has 2 aromatic rings. The van der Waals surface area contributed by atoms with E-state index >= 15 is 0 Å². The van der Waals surface area contributed by atoms with E-state index in [4.69, 9.17) is 10.3 Å². The van der Waals surface area contributed by atoms with Crippen LogP contribution in [0.1, 0.15) is 31.7 Å². The van der Waals surface area contributed by atoms with Crippen LogP contribution in [0.3, 0.4) is 0 Å². The van der Waals surface area contributed by atoms with Crippen LogP contribution in [0.2, 0.25) is 0 Å². The Morgan fingerprint density at radius 2 is 2.11 bits per heavy atom. The molecule has 2 rings (SSSR count). The number of nitrogens with zero attached hydrogens (tertiary/aromatic N) is 2. The molecule has 0 fully saturated rings. The van der Waals surface area contributed by atoms with E-state index in [0.717, 1.165) is 5.56 Å². The third kappa shape index (κ3) is 2.41. The molecule has 2 N–H and O–H groups in total. The smallest absolute Gasteiger partial charge is 0.258 e. The Balaban J connectivity index is 2.41. The lowest BCUT2D eigenvalue weighted by atomic mass is 10.00. The van der Waals surface area contributed by atoms with Crippen molar-refractivity contribution in [3.63, 3.8) is 0 Å². The van der Waals surface area contributed by atoms with Crippen molar-refractivity contribution in [2.24, 2.45) is 5.73 Å². The molecule has 0 bridgehead atoms. The van der Waals surface area contributed by atoms with Gasteiger partial charge in [-0.1, -0.05) is 12.1 Å². The van der Waals surface area contributed by atoms with Gasteiger partial charge in [-0.25, -0.2) is 4.39 Å². The maximum absolute atomic E-state index is 13.3. The molecule has 5 heteroatoms. The standard InChI is InChI=1S/C13H16FN3O/c1-4-13(3,15)12-16-11(18-17-12)9-5-8(2)6-10(14)7-9/h5-7H,4,15H2,1-3H3. The number of aryl methyl sites for hydroxylation is 1. The fourth-order valence-corrected chi connectivity index (χ4v) is 1.59. The van der Waals surface area contributed by atoms with E-state index in [2.05, 4.69) is 10.1 Å². The van der Waals surface area contributed by atoms with Crippen molar-refractivity contribution < 1.29 is 8.91 Å². The molecule has 1 heterocycles. The van der Waals surface area contributed by atoms with Crippen molar-refractivity contribution in [3.8, 4) is 11.5 Å². The van der Waals surface area contributed by atoms with Gasteiger partial charge in [0.05, 0.1) is 5.54 Å². The number of halogens is 1. The van der Waals surface area contributed by atoms with Gasteiger partial charge in [-0.2, -0.15) is 4.98 Å². The molecule has 0 aliphatic heterocycles. The molecule has 18 heavy (non-hydrogen) atoms.